The average Bonchev–Trinajstić information content (AvgIpc) is 3.22. The molecule has 0 aromatic heterocycles. The van der Waals surface area contributed by atoms with Crippen LogP contribution >= 0.6 is 0 Å². The highest BCUT2D eigenvalue weighted by Crippen LogP contribution is 2.21. The SMILES string of the molecule is CCOC(=O)C(COc1cc(C)ccc1C)NC1CC1. The summed E-state index contributed by atoms with van der Waals surface area (Å²) in [6.07, 6.45) is 2.25. The lowest BCUT2D eigenvalue weighted by Crippen LogP contribution is -2.43. The van der Waals surface area contributed by atoms with Gasteiger partial charge in [-0.2, -0.15) is 0 Å². The highest BCUT2D eigenvalue weighted by molar-refractivity contribution is 5.76. The van der Waals surface area contributed by atoms with Crippen LogP contribution in [0.5, 0.6) is 5.75 Å². The van der Waals surface area contributed by atoms with Crippen molar-refractivity contribution >= 4 is 5.97 Å². The van der Waals surface area contributed by atoms with E-state index in [0.29, 0.717) is 19.3 Å². The summed E-state index contributed by atoms with van der Waals surface area (Å²) in [5.74, 6) is 0.599. The molecule has 0 radical (unpaired) electrons. The Morgan fingerprint density at radius 3 is 2.80 bits per heavy atom. The molecule has 1 fully saturated rings. The van der Waals surface area contributed by atoms with Gasteiger partial charge in [0.1, 0.15) is 18.4 Å². The van der Waals surface area contributed by atoms with Crippen LogP contribution in [0.2, 0.25) is 0 Å². The number of nitrogens with one attached hydrogen (secondary N) is 1. The molecule has 0 amide bonds. The number of hydrogen-bond acceptors (Lipinski definition) is 4. The van der Waals surface area contributed by atoms with Crippen molar-refractivity contribution in [3.05, 3.63) is 29.3 Å². The molecule has 0 bridgehead atoms. The number of hydrogen-bond donors (Lipinski definition) is 1. The first-order valence-corrected chi connectivity index (χ1v) is 7.23. The third-order valence-electron chi connectivity index (χ3n) is 3.33. The average molecular weight is 277 g/mol. The zero-order valence-corrected chi connectivity index (χ0v) is 12.4. The Morgan fingerprint density at radius 1 is 1.40 bits per heavy atom. The summed E-state index contributed by atoms with van der Waals surface area (Å²) in [5, 5.41) is 3.28. The number of carbonyl (C=O) groups is 1. The standard InChI is InChI=1S/C16H23NO3/c1-4-19-16(18)14(17-13-7-8-13)10-20-15-9-11(2)5-6-12(15)3/h5-6,9,13-14,17H,4,7-8,10H2,1-3H3. The van der Waals surface area contributed by atoms with E-state index in [4.69, 9.17) is 9.47 Å². The maximum absolute atomic E-state index is 11.9. The van der Waals surface area contributed by atoms with E-state index in [-0.39, 0.29) is 12.0 Å². The van der Waals surface area contributed by atoms with Crippen molar-refractivity contribution in [1.82, 2.24) is 5.32 Å². The Bertz CT molecular complexity index is 469. The molecule has 2 rings (SSSR count). The van der Waals surface area contributed by atoms with E-state index in [1.165, 1.54) is 0 Å². The molecule has 1 aromatic rings. The molecular weight excluding hydrogens is 254 g/mol. The van der Waals surface area contributed by atoms with Gasteiger partial charge in [0.15, 0.2) is 0 Å². The molecule has 110 valence electrons. The zero-order chi connectivity index (χ0) is 14.5. The topological polar surface area (TPSA) is 47.6 Å². The summed E-state index contributed by atoms with van der Waals surface area (Å²) in [6.45, 7) is 6.54. The first-order chi connectivity index (χ1) is 9.60. The largest absolute Gasteiger partial charge is 0.491 e. The molecule has 1 aromatic carbocycles. The molecule has 0 aliphatic heterocycles. The van der Waals surface area contributed by atoms with Gasteiger partial charge in [-0.15, -0.1) is 0 Å². The van der Waals surface area contributed by atoms with E-state index in [9.17, 15) is 4.79 Å². The van der Waals surface area contributed by atoms with Gasteiger partial charge in [0.05, 0.1) is 6.61 Å². The molecule has 0 spiro atoms. The van der Waals surface area contributed by atoms with Gasteiger partial charge in [-0.3, -0.25) is 10.1 Å². The van der Waals surface area contributed by atoms with Crippen LogP contribution in [0.1, 0.15) is 30.9 Å². The third kappa shape index (κ3) is 4.23. The third-order valence-corrected chi connectivity index (χ3v) is 3.33. The summed E-state index contributed by atoms with van der Waals surface area (Å²) < 4.78 is 10.9. The van der Waals surface area contributed by atoms with Crippen LogP contribution in [0.4, 0.5) is 0 Å². The van der Waals surface area contributed by atoms with E-state index in [0.717, 1.165) is 29.7 Å². The van der Waals surface area contributed by atoms with Gasteiger partial charge in [0, 0.05) is 6.04 Å². The molecule has 1 N–H and O–H groups in total. The maximum atomic E-state index is 11.9. The van der Waals surface area contributed by atoms with E-state index in [1.54, 1.807) is 0 Å². The first kappa shape index (κ1) is 14.9. The van der Waals surface area contributed by atoms with Crippen molar-refractivity contribution < 1.29 is 14.3 Å². The maximum Gasteiger partial charge on any atom is 0.326 e. The first-order valence-electron chi connectivity index (χ1n) is 7.23. The molecular formula is C16H23NO3. The second-order valence-corrected chi connectivity index (χ2v) is 5.33. The Hall–Kier alpha value is -1.55. The van der Waals surface area contributed by atoms with Gasteiger partial charge < -0.3 is 9.47 Å². The Kier molecular flexibility index (Phi) is 5.01. The van der Waals surface area contributed by atoms with Crippen LogP contribution in [0, 0.1) is 13.8 Å². The van der Waals surface area contributed by atoms with Gasteiger partial charge in [-0.25, -0.2) is 0 Å². The Morgan fingerprint density at radius 2 is 2.15 bits per heavy atom. The summed E-state index contributed by atoms with van der Waals surface area (Å²) in [6, 6.07) is 6.12. The predicted octanol–water partition coefficient (Wildman–Crippen LogP) is 2.37. The Balaban J connectivity index is 1.96. The van der Waals surface area contributed by atoms with E-state index in [1.807, 2.05) is 39.0 Å². The van der Waals surface area contributed by atoms with Crippen LogP contribution in [0.15, 0.2) is 18.2 Å². The molecule has 4 heteroatoms. The highest BCUT2D eigenvalue weighted by atomic mass is 16.5. The fraction of sp³-hybridized carbons (Fsp3) is 0.562. The molecule has 0 saturated heterocycles. The van der Waals surface area contributed by atoms with Crippen LogP contribution in [0.3, 0.4) is 0 Å². The van der Waals surface area contributed by atoms with Crippen molar-refractivity contribution in [2.75, 3.05) is 13.2 Å². The lowest BCUT2D eigenvalue weighted by Gasteiger charge is -2.18. The summed E-state index contributed by atoms with van der Waals surface area (Å²) >= 11 is 0. The van der Waals surface area contributed by atoms with Crippen LogP contribution in [0.25, 0.3) is 0 Å². The van der Waals surface area contributed by atoms with E-state index in [2.05, 4.69) is 5.32 Å². The number of carbonyl (C=O) groups excluding carboxylic acids is 1. The van der Waals surface area contributed by atoms with Crippen molar-refractivity contribution in [1.29, 1.82) is 0 Å². The number of esters is 1. The van der Waals surface area contributed by atoms with Gasteiger partial charge in [-0.1, -0.05) is 12.1 Å². The predicted molar refractivity (Wildman–Crippen MR) is 78.0 cm³/mol. The minimum atomic E-state index is -0.387. The molecule has 1 aliphatic rings. The quantitative estimate of drug-likeness (QED) is 0.777. The number of ether oxygens (including phenoxy) is 2. The van der Waals surface area contributed by atoms with E-state index < -0.39 is 0 Å². The van der Waals surface area contributed by atoms with Crippen molar-refractivity contribution in [2.24, 2.45) is 0 Å². The monoisotopic (exact) mass is 277 g/mol. The highest BCUT2D eigenvalue weighted by Gasteiger charge is 2.29. The van der Waals surface area contributed by atoms with Crippen LogP contribution in [-0.2, 0) is 9.53 Å². The smallest absolute Gasteiger partial charge is 0.326 e. The normalized spacial score (nSPS) is 15.8. The molecule has 20 heavy (non-hydrogen) atoms. The zero-order valence-electron chi connectivity index (χ0n) is 12.4. The molecule has 0 heterocycles. The Labute approximate surface area is 120 Å². The second-order valence-electron chi connectivity index (χ2n) is 5.33. The number of aryl methyl sites for hydroxylation is 2. The van der Waals surface area contributed by atoms with E-state index >= 15 is 0 Å². The summed E-state index contributed by atoms with van der Waals surface area (Å²) in [5.41, 5.74) is 2.22. The van der Waals surface area contributed by atoms with Crippen molar-refractivity contribution in [2.45, 2.75) is 45.7 Å². The van der Waals surface area contributed by atoms with Gasteiger partial charge in [0.25, 0.3) is 0 Å². The van der Waals surface area contributed by atoms with Crippen LogP contribution < -0.4 is 10.1 Å². The molecule has 4 nitrogen and oxygen atoms in total. The second kappa shape index (κ2) is 6.75. The van der Waals surface area contributed by atoms with Gasteiger partial charge >= 0.3 is 5.97 Å². The number of benzene rings is 1. The molecule has 1 saturated carbocycles. The van der Waals surface area contributed by atoms with Crippen molar-refractivity contribution in [3.63, 3.8) is 0 Å². The minimum Gasteiger partial charge on any atom is -0.491 e. The summed E-state index contributed by atoms with van der Waals surface area (Å²) in [7, 11) is 0. The lowest BCUT2D eigenvalue weighted by molar-refractivity contribution is -0.146. The molecule has 1 atom stereocenters. The molecule has 1 aliphatic carbocycles. The molecule has 1 unspecified atom stereocenters. The van der Waals surface area contributed by atoms with Crippen molar-refractivity contribution in [3.8, 4) is 5.75 Å². The minimum absolute atomic E-state index is 0.232. The number of rotatable bonds is 7. The van der Waals surface area contributed by atoms with Gasteiger partial charge in [-0.05, 0) is 50.8 Å². The van der Waals surface area contributed by atoms with Crippen LogP contribution in [-0.4, -0.2) is 31.3 Å². The summed E-state index contributed by atoms with van der Waals surface area (Å²) in [4.78, 5) is 11.9. The van der Waals surface area contributed by atoms with Gasteiger partial charge in [0.2, 0.25) is 0 Å². The fourth-order valence-electron chi connectivity index (χ4n) is 2.00. The fourth-order valence-corrected chi connectivity index (χ4v) is 2.00. The lowest BCUT2D eigenvalue weighted by atomic mass is 10.1.